The molecule has 0 atom stereocenters. The highest BCUT2D eigenvalue weighted by molar-refractivity contribution is 14.0. The van der Waals surface area contributed by atoms with E-state index in [1.54, 1.807) is 18.8 Å². The van der Waals surface area contributed by atoms with Crippen molar-refractivity contribution in [1.82, 2.24) is 10.6 Å². The van der Waals surface area contributed by atoms with E-state index in [9.17, 15) is 4.79 Å². The quantitative estimate of drug-likeness (QED) is 0.174. The number of thioether (sulfide) groups is 1. The van der Waals surface area contributed by atoms with Crippen LogP contribution in [0.25, 0.3) is 0 Å². The number of hydrogen-bond donors (Lipinski definition) is 2. The lowest BCUT2D eigenvalue weighted by molar-refractivity contribution is -0.153. The molecule has 130 valence electrons. The Labute approximate surface area is 160 Å². The first-order valence-electron chi connectivity index (χ1n) is 7.25. The number of nitrogens with zero attached hydrogens (tertiary/aromatic N) is 1. The Morgan fingerprint density at radius 1 is 1.22 bits per heavy atom. The summed E-state index contributed by atoms with van der Waals surface area (Å²) in [6.07, 6.45) is 0. The molecule has 0 saturated heterocycles. The van der Waals surface area contributed by atoms with Gasteiger partial charge >= 0.3 is 5.97 Å². The molecule has 2 N–H and O–H groups in total. The molecule has 0 aliphatic heterocycles. The summed E-state index contributed by atoms with van der Waals surface area (Å²) in [5, 5.41) is 6.11. The van der Waals surface area contributed by atoms with Gasteiger partial charge in [-0.2, -0.15) is 0 Å². The molecule has 0 aliphatic carbocycles. The lowest BCUT2D eigenvalue weighted by Gasteiger charge is -2.20. The monoisotopic (exact) mass is 451 g/mol. The smallest absolute Gasteiger partial charge is 0.325 e. The van der Waals surface area contributed by atoms with E-state index >= 15 is 0 Å². The summed E-state index contributed by atoms with van der Waals surface area (Å²) < 4.78 is 5.23. The zero-order valence-electron chi connectivity index (χ0n) is 14.1. The van der Waals surface area contributed by atoms with Gasteiger partial charge in [-0.1, -0.05) is 18.2 Å². The van der Waals surface area contributed by atoms with Crippen LogP contribution in [0, 0.1) is 0 Å². The molecular formula is C16H26IN3O2S. The molecule has 1 aromatic rings. The predicted octanol–water partition coefficient (Wildman–Crippen LogP) is 2.90. The first-order chi connectivity index (χ1) is 10.4. The highest BCUT2D eigenvalue weighted by Gasteiger charge is 2.16. The van der Waals surface area contributed by atoms with Gasteiger partial charge in [-0.05, 0) is 32.9 Å². The average Bonchev–Trinajstić information content (AvgIpc) is 2.46. The number of hydrogen-bond acceptors (Lipinski definition) is 4. The second-order valence-electron chi connectivity index (χ2n) is 5.60. The minimum Gasteiger partial charge on any atom is -0.459 e. The molecule has 0 heterocycles. The summed E-state index contributed by atoms with van der Waals surface area (Å²) in [4.78, 5) is 16.9. The molecule has 0 spiro atoms. The third-order valence-corrected chi connectivity index (χ3v) is 3.46. The maximum absolute atomic E-state index is 11.6. The van der Waals surface area contributed by atoms with Crippen molar-refractivity contribution < 1.29 is 9.53 Å². The minimum absolute atomic E-state index is 0. The van der Waals surface area contributed by atoms with Gasteiger partial charge in [-0.25, -0.2) is 0 Å². The van der Waals surface area contributed by atoms with E-state index in [4.69, 9.17) is 4.74 Å². The third kappa shape index (κ3) is 11.2. The van der Waals surface area contributed by atoms with Crippen molar-refractivity contribution in [2.75, 3.05) is 25.9 Å². The topological polar surface area (TPSA) is 62.7 Å². The Morgan fingerprint density at radius 3 is 2.43 bits per heavy atom. The lowest BCUT2D eigenvalue weighted by Crippen LogP contribution is -2.42. The highest BCUT2D eigenvalue weighted by atomic mass is 127. The summed E-state index contributed by atoms with van der Waals surface area (Å²) in [5.74, 6) is 1.21. The summed E-state index contributed by atoms with van der Waals surface area (Å²) in [5.41, 5.74) is -0.470. The van der Waals surface area contributed by atoms with Crippen molar-refractivity contribution in [2.24, 2.45) is 4.99 Å². The number of rotatable bonds is 6. The number of aliphatic imine (C=N–C) groups is 1. The number of nitrogens with one attached hydrogen (secondary N) is 2. The van der Waals surface area contributed by atoms with E-state index in [1.165, 1.54) is 4.90 Å². The van der Waals surface area contributed by atoms with Crippen molar-refractivity contribution in [3.63, 3.8) is 0 Å². The molecule has 1 rings (SSSR count). The molecule has 1 aromatic carbocycles. The zero-order chi connectivity index (χ0) is 16.4. The molecule has 0 aliphatic rings. The van der Waals surface area contributed by atoms with E-state index < -0.39 is 5.60 Å². The largest absolute Gasteiger partial charge is 0.459 e. The highest BCUT2D eigenvalue weighted by Crippen LogP contribution is 2.15. The maximum atomic E-state index is 11.6. The average molecular weight is 451 g/mol. The molecule has 7 heteroatoms. The van der Waals surface area contributed by atoms with Gasteiger partial charge < -0.3 is 15.4 Å². The molecule has 0 fully saturated rings. The fourth-order valence-corrected chi connectivity index (χ4v) is 2.40. The van der Waals surface area contributed by atoms with Gasteiger partial charge in [0.15, 0.2) is 5.96 Å². The zero-order valence-corrected chi connectivity index (χ0v) is 17.2. The molecule has 0 unspecified atom stereocenters. The SMILES string of the molecule is CN=C(NCCSc1ccccc1)NCC(=O)OC(C)(C)C.I. The van der Waals surface area contributed by atoms with Crippen LogP contribution in [0.2, 0.25) is 0 Å². The Balaban J connectivity index is 0.00000484. The van der Waals surface area contributed by atoms with Crippen LogP contribution in [0.1, 0.15) is 20.8 Å². The summed E-state index contributed by atoms with van der Waals surface area (Å²) >= 11 is 1.77. The van der Waals surface area contributed by atoms with Crippen LogP contribution in [-0.4, -0.2) is 43.4 Å². The Hall–Kier alpha value is -0.960. The lowest BCUT2D eigenvalue weighted by atomic mass is 10.2. The number of ether oxygens (including phenoxy) is 1. The number of carbonyl (C=O) groups excluding carboxylic acids is 1. The fourth-order valence-electron chi connectivity index (χ4n) is 1.61. The molecule has 0 amide bonds. The molecule has 5 nitrogen and oxygen atoms in total. The minimum atomic E-state index is -0.470. The maximum Gasteiger partial charge on any atom is 0.325 e. The van der Waals surface area contributed by atoms with Gasteiger partial charge in [-0.15, -0.1) is 35.7 Å². The van der Waals surface area contributed by atoms with E-state index in [1.807, 2.05) is 39.0 Å². The van der Waals surface area contributed by atoms with Crippen LogP contribution < -0.4 is 10.6 Å². The van der Waals surface area contributed by atoms with E-state index in [0.717, 1.165) is 12.3 Å². The molecule has 0 saturated carbocycles. The van der Waals surface area contributed by atoms with Crippen LogP contribution in [0.15, 0.2) is 40.2 Å². The second-order valence-corrected chi connectivity index (χ2v) is 6.77. The Morgan fingerprint density at radius 2 is 1.87 bits per heavy atom. The van der Waals surface area contributed by atoms with Crippen molar-refractivity contribution in [3.05, 3.63) is 30.3 Å². The second kappa shape index (κ2) is 11.6. The molecule has 0 aromatic heterocycles. The van der Waals surface area contributed by atoms with Gasteiger partial charge in [0.25, 0.3) is 0 Å². The van der Waals surface area contributed by atoms with Crippen LogP contribution in [0.5, 0.6) is 0 Å². The number of guanidine groups is 1. The molecule has 0 radical (unpaired) electrons. The van der Waals surface area contributed by atoms with Gasteiger partial charge in [0.2, 0.25) is 0 Å². The van der Waals surface area contributed by atoms with Crippen molar-refractivity contribution in [3.8, 4) is 0 Å². The molecular weight excluding hydrogens is 425 g/mol. The van der Waals surface area contributed by atoms with Crippen LogP contribution in [0.4, 0.5) is 0 Å². The normalized spacial score (nSPS) is 11.4. The van der Waals surface area contributed by atoms with Crippen molar-refractivity contribution in [1.29, 1.82) is 0 Å². The summed E-state index contributed by atoms with van der Waals surface area (Å²) in [6.45, 7) is 6.40. The van der Waals surface area contributed by atoms with Crippen molar-refractivity contribution in [2.45, 2.75) is 31.3 Å². The Bertz CT molecular complexity index is 490. The van der Waals surface area contributed by atoms with Gasteiger partial charge in [0.1, 0.15) is 12.1 Å². The fraction of sp³-hybridized carbons (Fsp3) is 0.500. The van der Waals surface area contributed by atoms with E-state index in [-0.39, 0.29) is 36.5 Å². The Kier molecular flexibility index (Phi) is 11.1. The van der Waals surface area contributed by atoms with Crippen LogP contribution in [0.3, 0.4) is 0 Å². The number of carbonyl (C=O) groups is 1. The number of benzene rings is 1. The van der Waals surface area contributed by atoms with Gasteiger partial charge in [0.05, 0.1) is 0 Å². The summed E-state index contributed by atoms with van der Waals surface area (Å²) in [6, 6.07) is 10.2. The summed E-state index contributed by atoms with van der Waals surface area (Å²) in [7, 11) is 1.68. The van der Waals surface area contributed by atoms with Gasteiger partial charge in [-0.3, -0.25) is 9.79 Å². The van der Waals surface area contributed by atoms with E-state index in [2.05, 4.69) is 27.8 Å². The number of halogens is 1. The van der Waals surface area contributed by atoms with E-state index in [0.29, 0.717) is 5.96 Å². The third-order valence-electron chi connectivity index (χ3n) is 2.45. The standard InChI is InChI=1S/C16H25N3O2S.HI/c1-16(2,3)21-14(20)12-19-15(17-4)18-10-11-22-13-8-6-5-7-9-13;/h5-9H,10-12H2,1-4H3,(H2,17,18,19);1H. The molecule has 23 heavy (non-hydrogen) atoms. The first kappa shape index (κ1) is 22.0. The molecule has 0 bridgehead atoms. The van der Waals surface area contributed by atoms with Crippen molar-refractivity contribution >= 4 is 47.7 Å². The number of esters is 1. The van der Waals surface area contributed by atoms with Gasteiger partial charge in [0, 0.05) is 24.2 Å². The van der Waals surface area contributed by atoms with Crippen LogP contribution >= 0.6 is 35.7 Å². The predicted molar refractivity (Wildman–Crippen MR) is 108 cm³/mol. The van der Waals surface area contributed by atoms with Crippen LogP contribution in [-0.2, 0) is 9.53 Å². The first-order valence-corrected chi connectivity index (χ1v) is 8.23.